The van der Waals surface area contributed by atoms with E-state index in [0.717, 1.165) is 0 Å². The summed E-state index contributed by atoms with van der Waals surface area (Å²) < 4.78 is 0. The van der Waals surface area contributed by atoms with Crippen molar-refractivity contribution in [2.45, 2.75) is 6.92 Å². The highest BCUT2D eigenvalue weighted by atomic mass is 16.1. The van der Waals surface area contributed by atoms with Gasteiger partial charge in [0.05, 0.1) is 17.3 Å². The van der Waals surface area contributed by atoms with Crippen LogP contribution in [0.2, 0.25) is 0 Å². The minimum Gasteiger partial charge on any atom is -0.321 e. The van der Waals surface area contributed by atoms with Crippen molar-refractivity contribution in [3.63, 3.8) is 0 Å². The fourth-order valence-electron chi connectivity index (χ4n) is 1.45. The van der Waals surface area contributed by atoms with Crippen molar-refractivity contribution >= 4 is 11.6 Å². The molecule has 1 amide bonds. The second kappa shape index (κ2) is 5.06. The van der Waals surface area contributed by atoms with Gasteiger partial charge in [-0.3, -0.25) is 9.78 Å². The van der Waals surface area contributed by atoms with Gasteiger partial charge in [0.15, 0.2) is 0 Å². The summed E-state index contributed by atoms with van der Waals surface area (Å²) in [5, 5.41) is 11.4. The van der Waals surface area contributed by atoms with E-state index in [4.69, 9.17) is 5.26 Å². The average molecular weight is 238 g/mol. The third-order valence-electron chi connectivity index (χ3n) is 2.37. The largest absolute Gasteiger partial charge is 0.321 e. The zero-order chi connectivity index (χ0) is 13.0. The summed E-state index contributed by atoms with van der Waals surface area (Å²) in [4.78, 5) is 19.9. The van der Waals surface area contributed by atoms with Crippen LogP contribution < -0.4 is 5.32 Å². The minimum absolute atomic E-state index is 0.293. The second-order valence-corrected chi connectivity index (χ2v) is 3.63. The molecule has 0 saturated heterocycles. The van der Waals surface area contributed by atoms with Crippen LogP contribution in [-0.4, -0.2) is 15.9 Å². The van der Waals surface area contributed by atoms with Crippen molar-refractivity contribution < 1.29 is 4.79 Å². The first-order valence-corrected chi connectivity index (χ1v) is 5.30. The van der Waals surface area contributed by atoms with Crippen molar-refractivity contribution in [2.75, 3.05) is 5.32 Å². The summed E-state index contributed by atoms with van der Waals surface area (Å²) in [5.41, 5.74) is 2.03. The molecule has 0 radical (unpaired) electrons. The van der Waals surface area contributed by atoms with Crippen LogP contribution in [-0.2, 0) is 0 Å². The van der Waals surface area contributed by atoms with Gasteiger partial charge in [0.25, 0.3) is 5.91 Å². The average Bonchev–Trinajstić information content (AvgIpc) is 2.40. The fraction of sp³-hybridized carbons (Fsp3) is 0.0769. The SMILES string of the molecule is Cc1nccnc1C(=O)Nc1ccc(C#N)cc1. The Hall–Kier alpha value is -2.74. The summed E-state index contributed by atoms with van der Waals surface area (Å²) in [5.74, 6) is -0.315. The Morgan fingerprint density at radius 2 is 1.89 bits per heavy atom. The van der Waals surface area contributed by atoms with Gasteiger partial charge in [0, 0.05) is 18.1 Å². The van der Waals surface area contributed by atoms with Gasteiger partial charge in [-0.15, -0.1) is 0 Å². The van der Waals surface area contributed by atoms with E-state index < -0.39 is 0 Å². The van der Waals surface area contributed by atoms with E-state index in [2.05, 4.69) is 15.3 Å². The van der Waals surface area contributed by atoms with Crippen LogP contribution in [0, 0.1) is 18.3 Å². The number of nitrogens with one attached hydrogen (secondary N) is 1. The normalized spacial score (nSPS) is 9.56. The van der Waals surface area contributed by atoms with Gasteiger partial charge in [0.2, 0.25) is 0 Å². The lowest BCUT2D eigenvalue weighted by molar-refractivity contribution is 0.102. The van der Waals surface area contributed by atoms with Gasteiger partial charge in [0.1, 0.15) is 5.69 Å². The Morgan fingerprint density at radius 3 is 2.50 bits per heavy atom. The summed E-state index contributed by atoms with van der Waals surface area (Å²) in [6, 6.07) is 8.63. The number of hydrogen-bond donors (Lipinski definition) is 1. The maximum absolute atomic E-state index is 11.9. The van der Waals surface area contributed by atoms with E-state index in [9.17, 15) is 4.79 Å². The lowest BCUT2D eigenvalue weighted by atomic mass is 10.2. The molecule has 2 aromatic rings. The number of hydrogen-bond acceptors (Lipinski definition) is 4. The van der Waals surface area contributed by atoms with Crippen molar-refractivity contribution in [1.82, 2.24) is 9.97 Å². The van der Waals surface area contributed by atoms with Gasteiger partial charge in [-0.25, -0.2) is 4.98 Å². The van der Waals surface area contributed by atoms with Crippen molar-refractivity contribution in [3.8, 4) is 6.07 Å². The Labute approximate surface area is 104 Å². The number of amides is 1. The quantitative estimate of drug-likeness (QED) is 0.866. The molecule has 1 aromatic carbocycles. The van der Waals surface area contributed by atoms with E-state index in [-0.39, 0.29) is 5.91 Å². The molecule has 1 heterocycles. The van der Waals surface area contributed by atoms with Crippen LogP contribution in [0.1, 0.15) is 21.7 Å². The maximum Gasteiger partial charge on any atom is 0.276 e. The second-order valence-electron chi connectivity index (χ2n) is 3.63. The predicted octanol–water partition coefficient (Wildman–Crippen LogP) is 1.91. The molecule has 88 valence electrons. The third kappa shape index (κ3) is 2.50. The molecule has 0 aliphatic heterocycles. The molecule has 0 saturated carbocycles. The molecule has 0 fully saturated rings. The smallest absolute Gasteiger partial charge is 0.276 e. The summed E-state index contributed by atoms with van der Waals surface area (Å²) >= 11 is 0. The highest BCUT2D eigenvalue weighted by Crippen LogP contribution is 2.10. The zero-order valence-corrected chi connectivity index (χ0v) is 9.71. The first kappa shape index (κ1) is 11.7. The monoisotopic (exact) mass is 238 g/mol. The fourth-order valence-corrected chi connectivity index (χ4v) is 1.45. The van der Waals surface area contributed by atoms with E-state index in [1.165, 1.54) is 12.4 Å². The summed E-state index contributed by atoms with van der Waals surface area (Å²) in [6.45, 7) is 1.72. The lowest BCUT2D eigenvalue weighted by Crippen LogP contribution is -2.15. The molecule has 0 aliphatic rings. The summed E-state index contributed by atoms with van der Waals surface area (Å²) in [6.07, 6.45) is 3.01. The predicted molar refractivity (Wildman–Crippen MR) is 65.9 cm³/mol. The molecule has 0 unspecified atom stereocenters. The molecule has 1 aromatic heterocycles. The van der Waals surface area contributed by atoms with Gasteiger partial charge >= 0.3 is 0 Å². The molecule has 5 nitrogen and oxygen atoms in total. The van der Waals surface area contributed by atoms with Crippen molar-refractivity contribution in [2.24, 2.45) is 0 Å². The molecule has 0 bridgehead atoms. The number of anilines is 1. The molecular weight excluding hydrogens is 228 g/mol. The molecule has 2 rings (SSSR count). The number of aryl methyl sites for hydroxylation is 1. The van der Waals surface area contributed by atoms with Crippen LogP contribution in [0.5, 0.6) is 0 Å². The van der Waals surface area contributed by atoms with E-state index in [0.29, 0.717) is 22.6 Å². The number of benzene rings is 1. The Bertz CT molecular complexity index is 614. The molecule has 5 heteroatoms. The van der Waals surface area contributed by atoms with Crippen LogP contribution in [0.25, 0.3) is 0 Å². The third-order valence-corrected chi connectivity index (χ3v) is 2.37. The van der Waals surface area contributed by atoms with Crippen LogP contribution >= 0.6 is 0 Å². The maximum atomic E-state index is 11.9. The van der Waals surface area contributed by atoms with Gasteiger partial charge in [-0.05, 0) is 31.2 Å². The van der Waals surface area contributed by atoms with Crippen molar-refractivity contribution in [1.29, 1.82) is 5.26 Å². The Morgan fingerprint density at radius 1 is 1.22 bits per heavy atom. The molecule has 0 spiro atoms. The van der Waals surface area contributed by atoms with Crippen molar-refractivity contribution in [3.05, 3.63) is 53.6 Å². The lowest BCUT2D eigenvalue weighted by Gasteiger charge is -2.05. The number of rotatable bonds is 2. The first-order valence-electron chi connectivity index (χ1n) is 5.30. The highest BCUT2D eigenvalue weighted by Gasteiger charge is 2.10. The minimum atomic E-state index is -0.315. The van der Waals surface area contributed by atoms with E-state index in [1.807, 2.05) is 6.07 Å². The molecular formula is C13H10N4O. The Balaban J connectivity index is 2.17. The molecule has 0 aliphatic carbocycles. The molecule has 1 N–H and O–H groups in total. The van der Waals surface area contributed by atoms with Crippen LogP contribution in [0.15, 0.2) is 36.7 Å². The van der Waals surface area contributed by atoms with Gasteiger partial charge < -0.3 is 5.32 Å². The number of nitrogens with zero attached hydrogens (tertiary/aromatic N) is 3. The first-order chi connectivity index (χ1) is 8.70. The highest BCUT2D eigenvalue weighted by molar-refractivity contribution is 6.03. The molecule has 0 atom stereocenters. The number of carbonyl (C=O) groups excluding carboxylic acids is 1. The Kier molecular flexibility index (Phi) is 3.30. The summed E-state index contributed by atoms with van der Waals surface area (Å²) in [7, 11) is 0. The number of aromatic nitrogens is 2. The van der Waals surface area contributed by atoms with E-state index >= 15 is 0 Å². The van der Waals surface area contributed by atoms with Crippen LogP contribution in [0.3, 0.4) is 0 Å². The standard InChI is InChI=1S/C13H10N4O/c1-9-12(16-7-6-15-9)13(18)17-11-4-2-10(8-14)3-5-11/h2-7H,1H3,(H,17,18). The number of carbonyl (C=O) groups is 1. The number of nitriles is 1. The zero-order valence-electron chi connectivity index (χ0n) is 9.71. The van der Waals surface area contributed by atoms with E-state index in [1.54, 1.807) is 31.2 Å². The van der Waals surface area contributed by atoms with Gasteiger partial charge in [-0.2, -0.15) is 5.26 Å². The van der Waals surface area contributed by atoms with Crippen LogP contribution in [0.4, 0.5) is 5.69 Å². The topological polar surface area (TPSA) is 78.7 Å². The molecule has 18 heavy (non-hydrogen) atoms. The van der Waals surface area contributed by atoms with Gasteiger partial charge in [-0.1, -0.05) is 0 Å².